The van der Waals surface area contributed by atoms with Crippen LogP contribution in [0.4, 0.5) is 5.82 Å². The molecule has 160 valence electrons. The van der Waals surface area contributed by atoms with Gasteiger partial charge in [-0.05, 0) is 61.9 Å². The summed E-state index contributed by atoms with van der Waals surface area (Å²) in [5.74, 6) is 0.685. The van der Waals surface area contributed by atoms with E-state index in [2.05, 4.69) is 4.98 Å². The highest BCUT2D eigenvalue weighted by molar-refractivity contribution is 6.31. The molecule has 4 aromatic rings. The van der Waals surface area contributed by atoms with Crippen LogP contribution in [0.25, 0.3) is 11.0 Å². The predicted octanol–water partition coefficient (Wildman–Crippen LogP) is 5.30. The molecule has 5 rings (SSSR count). The van der Waals surface area contributed by atoms with Crippen molar-refractivity contribution in [1.82, 2.24) is 4.98 Å². The van der Waals surface area contributed by atoms with Crippen molar-refractivity contribution in [3.63, 3.8) is 0 Å². The number of anilines is 1. The molecule has 2 aromatic carbocycles. The summed E-state index contributed by atoms with van der Waals surface area (Å²) in [6.45, 7) is 4.24. The van der Waals surface area contributed by atoms with E-state index in [4.69, 9.17) is 20.8 Å². The van der Waals surface area contributed by atoms with Crippen LogP contribution in [-0.4, -0.2) is 17.5 Å². The van der Waals surface area contributed by atoms with E-state index in [1.807, 2.05) is 50.2 Å². The van der Waals surface area contributed by atoms with Gasteiger partial charge >= 0.3 is 0 Å². The Hall–Kier alpha value is -3.64. The Balaban J connectivity index is 1.80. The Labute approximate surface area is 189 Å². The number of fused-ring (bicyclic) bond motifs is 2. The number of ether oxygens (including phenoxy) is 1. The molecule has 7 heteroatoms. The van der Waals surface area contributed by atoms with Gasteiger partial charge in [0.1, 0.15) is 17.2 Å². The smallest absolute Gasteiger partial charge is 0.296 e. The molecule has 0 saturated carbocycles. The normalized spacial score (nSPS) is 15.3. The molecule has 1 aliphatic rings. The number of rotatable bonds is 4. The molecule has 1 atom stereocenters. The zero-order valence-electron chi connectivity index (χ0n) is 17.5. The first kappa shape index (κ1) is 20.3. The van der Waals surface area contributed by atoms with Gasteiger partial charge in [-0.1, -0.05) is 29.8 Å². The molecule has 0 radical (unpaired) electrons. The van der Waals surface area contributed by atoms with Gasteiger partial charge in [-0.15, -0.1) is 0 Å². The Morgan fingerprint density at radius 2 is 1.91 bits per heavy atom. The van der Waals surface area contributed by atoms with E-state index in [1.54, 1.807) is 24.3 Å². The quantitative estimate of drug-likeness (QED) is 0.425. The molecule has 32 heavy (non-hydrogen) atoms. The van der Waals surface area contributed by atoms with Crippen molar-refractivity contribution in [3.8, 4) is 5.75 Å². The minimum atomic E-state index is -0.716. The van der Waals surface area contributed by atoms with Crippen molar-refractivity contribution in [2.75, 3.05) is 11.5 Å². The maximum absolute atomic E-state index is 13.6. The number of nitrogens with zero attached hydrogens (tertiary/aromatic N) is 2. The number of pyridine rings is 1. The van der Waals surface area contributed by atoms with E-state index in [-0.39, 0.29) is 16.8 Å². The lowest BCUT2D eigenvalue weighted by molar-refractivity contribution is 0.0970. The zero-order valence-corrected chi connectivity index (χ0v) is 18.2. The third-order valence-electron chi connectivity index (χ3n) is 5.44. The fraction of sp³-hybridized carbons (Fsp3) is 0.160. The van der Waals surface area contributed by atoms with E-state index >= 15 is 0 Å². The molecule has 1 amide bonds. The Kier molecular flexibility index (Phi) is 4.94. The minimum absolute atomic E-state index is 0.0138. The van der Waals surface area contributed by atoms with Crippen LogP contribution in [0.3, 0.4) is 0 Å². The number of carbonyl (C=O) groups excluding carboxylic acids is 1. The highest BCUT2D eigenvalue weighted by Crippen LogP contribution is 2.41. The summed E-state index contributed by atoms with van der Waals surface area (Å²) in [5, 5.41) is 0.746. The number of hydrogen-bond donors (Lipinski definition) is 0. The number of aromatic nitrogens is 1. The van der Waals surface area contributed by atoms with Gasteiger partial charge < -0.3 is 9.15 Å². The predicted molar refractivity (Wildman–Crippen MR) is 123 cm³/mol. The number of halogens is 1. The zero-order chi connectivity index (χ0) is 22.4. The second-order valence-corrected chi connectivity index (χ2v) is 7.97. The Morgan fingerprint density at radius 1 is 1.09 bits per heavy atom. The first-order chi connectivity index (χ1) is 15.5. The van der Waals surface area contributed by atoms with E-state index in [0.29, 0.717) is 34.2 Å². The molecule has 0 aliphatic carbocycles. The molecule has 1 aliphatic heterocycles. The topological polar surface area (TPSA) is 72.6 Å². The maximum Gasteiger partial charge on any atom is 0.296 e. The SMILES string of the molecule is CCOc1cccc([C@H]2c3c(oc4ccc(Cl)cc4c3=O)C(=O)N2c2cccc(C)n2)c1. The Bertz CT molecular complexity index is 1430. The van der Waals surface area contributed by atoms with Gasteiger partial charge in [0, 0.05) is 10.7 Å². The number of carbonyl (C=O) groups is 1. The molecule has 0 spiro atoms. The summed E-state index contributed by atoms with van der Waals surface area (Å²) < 4.78 is 11.6. The number of amides is 1. The van der Waals surface area contributed by atoms with Crippen LogP contribution in [0.5, 0.6) is 5.75 Å². The van der Waals surface area contributed by atoms with Crippen LogP contribution in [0.15, 0.2) is 69.9 Å². The molecule has 0 unspecified atom stereocenters. The lowest BCUT2D eigenvalue weighted by Gasteiger charge is -2.24. The van der Waals surface area contributed by atoms with Crippen molar-refractivity contribution in [3.05, 3.63) is 98.5 Å². The summed E-state index contributed by atoms with van der Waals surface area (Å²) in [6.07, 6.45) is 0. The van der Waals surface area contributed by atoms with E-state index in [9.17, 15) is 9.59 Å². The molecule has 6 nitrogen and oxygen atoms in total. The van der Waals surface area contributed by atoms with E-state index in [0.717, 1.165) is 11.3 Å². The van der Waals surface area contributed by atoms with Crippen LogP contribution in [0, 0.1) is 6.92 Å². The summed E-state index contributed by atoms with van der Waals surface area (Å²) in [7, 11) is 0. The van der Waals surface area contributed by atoms with Gasteiger partial charge in [-0.3, -0.25) is 14.5 Å². The summed E-state index contributed by atoms with van der Waals surface area (Å²) in [4.78, 5) is 33.2. The standard InChI is InChI=1S/C25H19ClN2O4/c1-3-31-17-8-5-7-15(12-17)22-21-23(29)18-13-16(26)10-11-19(18)32-24(21)25(30)28(22)20-9-4-6-14(2)27-20/h4-13,22H,3H2,1-2H3/t22-/m0/s1. The molecule has 0 fully saturated rings. The van der Waals surface area contributed by atoms with Crippen molar-refractivity contribution in [2.24, 2.45) is 0 Å². The first-order valence-electron chi connectivity index (χ1n) is 10.2. The average Bonchev–Trinajstić information content (AvgIpc) is 3.07. The van der Waals surface area contributed by atoms with Crippen molar-refractivity contribution in [2.45, 2.75) is 19.9 Å². The monoisotopic (exact) mass is 446 g/mol. The molecule has 2 aromatic heterocycles. The fourth-order valence-corrected chi connectivity index (χ4v) is 4.27. The molecule has 0 saturated heterocycles. The average molecular weight is 447 g/mol. The largest absolute Gasteiger partial charge is 0.494 e. The molecular weight excluding hydrogens is 428 g/mol. The summed E-state index contributed by atoms with van der Waals surface area (Å²) in [5.41, 5.74) is 1.76. The van der Waals surface area contributed by atoms with Crippen LogP contribution < -0.4 is 15.1 Å². The fourth-order valence-electron chi connectivity index (χ4n) is 4.10. The van der Waals surface area contributed by atoms with Gasteiger partial charge in [-0.25, -0.2) is 4.98 Å². The highest BCUT2D eigenvalue weighted by atomic mass is 35.5. The van der Waals surface area contributed by atoms with Gasteiger partial charge in [0.15, 0.2) is 5.43 Å². The molecule has 0 N–H and O–H groups in total. The van der Waals surface area contributed by atoms with Crippen LogP contribution in [0.1, 0.15) is 40.3 Å². The second kappa shape index (κ2) is 7.80. The Morgan fingerprint density at radius 3 is 2.69 bits per heavy atom. The summed E-state index contributed by atoms with van der Waals surface area (Å²) >= 11 is 6.14. The first-order valence-corrected chi connectivity index (χ1v) is 10.6. The lowest BCUT2D eigenvalue weighted by atomic mass is 9.98. The van der Waals surface area contributed by atoms with E-state index < -0.39 is 11.9 Å². The number of benzene rings is 2. The lowest BCUT2D eigenvalue weighted by Crippen LogP contribution is -2.30. The highest BCUT2D eigenvalue weighted by Gasteiger charge is 2.44. The molecular formula is C25H19ClN2O4. The number of aryl methyl sites for hydroxylation is 1. The van der Waals surface area contributed by atoms with Gasteiger partial charge in [0.25, 0.3) is 5.91 Å². The maximum atomic E-state index is 13.6. The third-order valence-corrected chi connectivity index (χ3v) is 5.67. The minimum Gasteiger partial charge on any atom is -0.494 e. The van der Waals surface area contributed by atoms with Crippen LogP contribution in [0.2, 0.25) is 5.02 Å². The van der Waals surface area contributed by atoms with Crippen molar-refractivity contribution in [1.29, 1.82) is 0 Å². The van der Waals surface area contributed by atoms with Crippen LogP contribution in [-0.2, 0) is 0 Å². The van der Waals surface area contributed by atoms with Gasteiger partial charge in [0.2, 0.25) is 5.76 Å². The van der Waals surface area contributed by atoms with Gasteiger partial charge in [-0.2, -0.15) is 0 Å². The van der Waals surface area contributed by atoms with Gasteiger partial charge in [0.05, 0.1) is 23.6 Å². The molecule has 0 bridgehead atoms. The third kappa shape index (κ3) is 3.24. The molecule has 3 heterocycles. The second-order valence-electron chi connectivity index (χ2n) is 7.53. The van der Waals surface area contributed by atoms with Crippen LogP contribution >= 0.6 is 11.6 Å². The number of hydrogen-bond acceptors (Lipinski definition) is 5. The van der Waals surface area contributed by atoms with E-state index in [1.165, 1.54) is 4.90 Å². The van der Waals surface area contributed by atoms with Crippen molar-refractivity contribution < 1.29 is 13.9 Å². The van der Waals surface area contributed by atoms with Crippen molar-refractivity contribution >= 4 is 34.3 Å². The summed E-state index contributed by atoms with van der Waals surface area (Å²) in [6, 6.07) is 16.9.